The van der Waals surface area contributed by atoms with Gasteiger partial charge in [-0.3, -0.25) is 9.80 Å². The first kappa shape index (κ1) is 19.2. The molecule has 4 nitrogen and oxygen atoms in total. The van der Waals surface area contributed by atoms with Gasteiger partial charge in [0.1, 0.15) is 0 Å². The average Bonchev–Trinajstić information content (AvgIpc) is 3.30. The lowest BCUT2D eigenvalue weighted by atomic mass is 9.73. The molecule has 4 bridgehead atoms. The zero-order chi connectivity index (χ0) is 18.0. The Kier molecular flexibility index (Phi) is 5.95. The smallest absolute Gasteiger partial charge is 0.0651 e. The Morgan fingerprint density at radius 3 is 1.85 bits per heavy atom. The van der Waals surface area contributed by atoms with Crippen LogP contribution in [-0.2, 0) is 9.47 Å². The highest BCUT2D eigenvalue weighted by molar-refractivity contribution is 5.11. The van der Waals surface area contributed by atoms with Crippen molar-refractivity contribution in [3.05, 3.63) is 0 Å². The molecule has 0 unspecified atom stereocenters. The van der Waals surface area contributed by atoms with Gasteiger partial charge in [-0.2, -0.15) is 0 Å². The van der Waals surface area contributed by atoms with Gasteiger partial charge in [0.25, 0.3) is 0 Å². The van der Waals surface area contributed by atoms with Crippen LogP contribution in [0.3, 0.4) is 0 Å². The highest BCUT2D eigenvalue weighted by Gasteiger charge is 2.57. The Labute approximate surface area is 160 Å². The van der Waals surface area contributed by atoms with E-state index in [1.54, 1.807) is 0 Å². The van der Waals surface area contributed by atoms with Crippen LogP contribution in [-0.4, -0.2) is 73.5 Å². The minimum Gasteiger partial charge on any atom is -0.379 e. The zero-order valence-electron chi connectivity index (χ0n) is 17.2. The number of ether oxygens (including phenoxy) is 2. The van der Waals surface area contributed by atoms with E-state index in [2.05, 4.69) is 23.6 Å². The molecule has 8 aliphatic rings. The van der Waals surface area contributed by atoms with Gasteiger partial charge >= 0.3 is 0 Å². The summed E-state index contributed by atoms with van der Waals surface area (Å²) >= 11 is 0. The highest BCUT2D eigenvalue weighted by atomic mass is 16.5. The van der Waals surface area contributed by atoms with Gasteiger partial charge in [-0.15, -0.1) is 0 Å². The maximum absolute atomic E-state index is 5.61. The van der Waals surface area contributed by atoms with Crippen molar-refractivity contribution in [2.45, 2.75) is 76.3 Å². The van der Waals surface area contributed by atoms with Crippen molar-refractivity contribution in [2.75, 3.05) is 52.6 Å². The molecule has 26 heavy (non-hydrogen) atoms. The van der Waals surface area contributed by atoms with Gasteiger partial charge in [-0.05, 0) is 43.9 Å². The highest BCUT2D eigenvalue weighted by Crippen LogP contribution is 2.52. The fraction of sp³-hybridized carbons (Fsp3) is 1.00. The molecule has 0 aromatic heterocycles. The van der Waals surface area contributed by atoms with Crippen molar-refractivity contribution in [1.29, 1.82) is 0 Å². The Balaban J connectivity index is 0.000000105. The monoisotopic (exact) mass is 364 g/mol. The maximum Gasteiger partial charge on any atom is 0.0651 e. The van der Waals surface area contributed by atoms with E-state index in [9.17, 15) is 0 Å². The quantitative estimate of drug-likeness (QED) is 0.748. The van der Waals surface area contributed by atoms with Gasteiger partial charge in [0.15, 0.2) is 0 Å². The van der Waals surface area contributed by atoms with E-state index in [0.717, 1.165) is 38.3 Å². The number of nitrogens with zero attached hydrogens (tertiary/aromatic N) is 2. The molecule has 150 valence electrons. The van der Waals surface area contributed by atoms with E-state index < -0.39 is 0 Å². The molecule has 6 heterocycles. The number of morpholine rings is 1. The largest absolute Gasteiger partial charge is 0.379 e. The summed E-state index contributed by atoms with van der Waals surface area (Å²) in [4.78, 5) is 5.31. The van der Waals surface area contributed by atoms with Crippen LogP contribution in [0.5, 0.6) is 0 Å². The van der Waals surface area contributed by atoms with E-state index in [0.29, 0.717) is 11.1 Å². The first-order valence-corrected chi connectivity index (χ1v) is 11.4. The van der Waals surface area contributed by atoms with Crippen molar-refractivity contribution >= 4 is 0 Å². The van der Waals surface area contributed by atoms with Crippen LogP contribution >= 0.6 is 0 Å². The van der Waals surface area contributed by atoms with E-state index in [4.69, 9.17) is 9.47 Å². The zero-order valence-corrected chi connectivity index (χ0v) is 17.2. The molecule has 6 saturated heterocycles. The van der Waals surface area contributed by atoms with Gasteiger partial charge in [0.05, 0.1) is 19.8 Å². The average molecular weight is 365 g/mol. The lowest BCUT2D eigenvalue weighted by molar-refractivity contribution is -0.0586. The van der Waals surface area contributed by atoms with Crippen molar-refractivity contribution in [1.82, 2.24) is 9.80 Å². The molecular formula is C22H40N2O2. The van der Waals surface area contributed by atoms with E-state index in [1.807, 2.05) is 0 Å². The van der Waals surface area contributed by atoms with Crippen LogP contribution in [0, 0.1) is 11.8 Å². The Bertz CT molecular complexity index is 450. The molecule has 8 fully saturated rings. The Hall–Kier alpha value is -0.160. The van der Waals surface area contributed by atoms with Gasteiger partial charge in [0.2, 0.25) is 0 Å². The molecule has 0 radical (unpaired) electrons. The lowest BCUT2D eigenvalue weighted by Gasteiger charge is -2.45. The molecule has 0 atom stereocenters. The summed E-state index contributed by atoms with van der Waals surface area (Å²) in [6.07, 6.45) is 11.0. The third-order valence-electron chi connectivity index (χ3n) is 7.64. The third kappa shape index (κ3) is 3.59. The third-order valence-corrected chi connectivity index (χ3v) is 7.64. The lowest BCUT2D eigenvalue weighted by Crippen LogP contribution is -2.54. The second kappa shape index (κ2) is 8.06. The fourth-order valence-corrected chi connectivity index (χ4v) is 6.30. The summed E-state index contributed by atoms with van der Waals surface area (Å²) in [5.74, 6) is 2.05. The van der Waals surface area contributed by atoms with Crippen LogP contribution in [0.1, 0.15) is 65.2 Å². The van der Waals surface area contributed by atoms with Crippen molar-refractivity contribution in [2.24, 2.45) is 11.8 Å². The van der Waals surface area contributed by atoms with Crippen LogP contribution in [0.15, 0.2) is 0 Å². The molecular weight excluding hydrogens is 324 g/mol. The number of hydrogen-bond acceptors (Lipinski definition) is 4. The minimum absolute atomic E-state index is 0.529. The predicted molar refractivity (Wildman–Crippen MR) is 106 cm³/mol. The predicted octanol–water partition coefficient (Wildman–Crippen LogP) is 3.55. The SMILES string of the molecule is C1CN2CC3CC2(CO1)C3.C1COCC23CC(CN2C1)C3.CCCCC. The topological polar surface area (TPSA) is 24.9 Å². The number of unbranched alkanes of at least 4 members (excludes halogenated alkanes) is 2. The molecule has 2 saturated carbocycles. The second-order valence-corrected chi connectivity index (χ2v) is 9.70. The van der Waals surface area contributed by atoms with Crippen LogP contribution in [0.2, 0.25) is 0 Å². The molecule has 6 aliphatic heterocycles. The number of hydrogen-bond donors (Lipinski definition) is 0. The molecule has 0 aromatic carbocycles. The first-order chi connectivity index (χ1) is 12.7. The normalized spacial score (nSPS) is 42.7. The van der Waals surface area contributed by atoms with Gasteiger partial charge < -0.3 is 9.47 Å². The van der Waals surface area contributed by atoms with E-state index in [1.165, 1.54) is 77.5 Å². The Morgan fingerprint density at radius 1 is 0.769 bits per heavy atom. The van der Waals surface area contributed by atoms with E-state index >= 15 is 0 Å². The summed E-state index contributed by atoms with van der Waals surface area (Å²) in [6.45, 7) is 13.6. The summed E-state index contributed by atoms with van der Waals surface area (Å²) in [5, 5.41) is 0. The fourth-order valence-electron chi connectivity index (χ4n) is 6.30. The summed E-state index contributed by atoms with van der Waals surface area (Å²) in [7, 11) is 0. The van der Waals surface area contributed by atoms with Crippen LogP contribution < -0.4 is 0 Å². The van der Waals surface area contributed by atoms with Gasteiger partial charge in [-0.1, -0.05) is 33.1 Å². The van der Waals surface area contributed by atoms with Gasteiger partial charge in [-0.25, -0.2) is 0 Å². The standard InChI is InChI=1S/C9H15NO.C8H13NO.C5H12/c1-2-10-6-8-4-9(10,5-8)7-11-3-1;1-2-10-6-8-3-7(4-8)5-9(1)8;1-3-5-4-2/h8H,1-7H2;7H,1-6H2;3-5H2,1-2H3. The molecule has 2 aliphatic carbocycles. The van der Waals surface area contributed by atoms with Crippen molar-refractivity contribution < 1.29 is 9.47 Å². The maximum atomic E-state index is 5.61. The minimum atomic E-state index is 0.529. The van der Waals surface area contributed by atoms with Crippen molar-refractivity contribution in [3.63, 3.8) is 0 Å². The molecule has 0 aromatic rings. The Morgan fingerprint density at radius 2 is 1.31 bits per heavy atom. The van der Waals surface area contributed by atoms with Gasteiger partial charge in [0, 0.05) is 43.9 Å². The van der Waals surface area contributed by atoms with Crippen LogP contribution in [0.25, 0.3) is 0 Å². The summed E-state index contributed by atoms with van der Waals surface area (Å²) in [6, 6.07) is 0. The molecule has 8 rings (SSSR count). The summed E-state index contributed by atoms with van der Waals surface area (Å²) in [5.41, 5.74) is 1.07. The second-order valence-electron chi connectivity index (χ2n) is 9.70. The first-order valence-electron chi connectivity index (χ1n) is 11.4. The van der Waals surface area contributed by atoms with E-state index in [-0.39, 0.29) is 0 Å². The van der Waals surface area contributed by atoms with Crippen molar-refractivity contribution in [3.8, 4) is 0 Å². The summed E-state index contributed by atoms with van der Waals surface area (Å²) < 4.78 is 11.1. The van der Waals surface area contributed by atoms with Crippen LogP contribution in [0.4, 0.5) is 0 Å². The molecule has 4 heteroatoms. The molecule has 2 spiro atoms. The molecule has 0 N–H and O–H groups in total. The molecule has 0 amide bonds. The number of rotatable bonds is 2.